The van der Waals surface area contributed by atoms with E-state index >= 15 is 0 Å². The second-order valence-corrected chi connectivity index (χ2v) is 3.09. The lowest BCUT2D eigenvalue weighted by atomic mass is 10.1. The third-order valence-electron chi connectivity index (χ3n) is 2.01. The topological polar surface area (TPSA) is 69.4 Å². The Kier molecular flexibility index (Phi) is 4.08. The van der Waals surface area contributed by atoms with Crippen LogP contribution in [0.25, 0.3) is 0 Å². The summed E-state index contributed by atoms with van der Waals surface area (Å²) in [5.74, 6) is -0.779. The van der Waals surface area contributed by atoms with Gasteiger partial charge >= 0.3 is 6.61 Å². The molecule has 0 saturated carbocycles. The quantitative estimate of drug-likeness (QED) is 0.454. The summed E-state index contributed by atoms with van der Waals surface area (Å²) in [5.41, 5.74) is -0.644. The lowest BCUT2D eigenvalue weighted by Crippen LogP contribution is -2.06. The van der Waals surface area contributed by atoms with Gasteiger partial charge in [0.05, 0.1) is 10.5 Å². The molecule has 0 aliphatic heterocycles. The summed E-state index contributed by atoms with van der Waals surface area (Å²) < 4.78 is 28.0. The number of nitrogens with zero attached hydrogens (tertiary/aromatic N) is 1. The number of halogens is 2. The van der Waals surface area contributed by atoms with E-state index in [0.717, 1.165) is 18.2 Å². The van der Waals surface area contributed by atoms with Crippen LogP contribution in [0.2, 0.25) is 0 Å². The molecule has 0 heterocycles. The van der Waals surface area contributed by atoms with Gasteiger partial charge in [0.1, 0.15) is 5.75 Å². The van der Waals surface area contributed by atoms with Crippen LogP contribution in [0.4, 0.5) is 14.5 Å². The van der Waals surface area contributed by atoms with Crippen molar-refractivity contribution in [1.82, 2.24) is 0 Å². The third-order valence-corrected chi connectivity index (χ3v) is 2.01. The number of hydrogen-bond donors (Lipinski definition) is 0. The SMILES string of the molecule is CCC(=O)c1cc(OC(F)F)ccc1[N+](=O)[O-]. The van der Waals surface area contributed by atoms with Crippen molar-refractivity contribution in [2.24, 2.45) is 0 Å². The molecule has 1 aromatic rings. The highest BCUT2D eigenvalue weighted by Crippen LogP contribution is 2.26. The van der Waals surface area contributed by atoms with Gasteiger partial charge in [-0.2, -0.15) is 8.78 Å². The highest BCUT2D eigenvalue weighted by molar-refractivity contribution is 6.00. The summed E-state index contributed by atoms with van der Waals surface area (Å²) in [7, 11) is 0. The molecule has 0 aliphatic rings. The normalized spacial score (nSPS) is 10.4. The maximum absolute atomic E-state index is 12.0. The molecule has 92 valence electrons. The molecule has 0 unspecified atom stereocenters. The minimum Gasteiger partial charge on any atom is -0.435 e. The van der Waals surface area contributed by atoms with Crippen molar-refractivity contribution in [1.29, 1.82) is 0 Å². The van der Waals surface area contributed by atoms with E-state index in [1.165, 1.54) is 6.92 Å². The van der Waals surface area contributed by atoms with Crippen LogP contribution in [0.1, 0.15) is 23.7 Å². The highest BCUT2D eigenvalue weighted by atomic mass is 19.3. The van der Waals surface area contributed by atoms with Crippen molar-refractivity contribution < 1.29 is 23.2 Å². The van der Waals surface area contributed by atoms with Gasteiger partial charge in [-0.15, -0.1) is 0 Å². The molecule has 0 fully saturated rings. The van der Waals surface area contributed by atoms with Crippen LogP contribution in [0, 0.1) is 10.1 Å². The van der Waals surface area contributed by atoms with Gasteiger partial charge in [0, 0.05) is 12.5 Å². The van der Waals surface area contributed by atoms with Crippen molar-refractivity contribution >= 4 is 11.5 Å². The fourth-order valence-corrected chi connectivity index (χ4v) is 1.26. The van der Waals surface area contributed by atoms with Crippen molar-refractivity contribution in [3.05, 3.63) is 33.9 Å². The number of nitro groups is 1. The molecule has 1 aromatic carbocycles. The first-order chi connectivity index (χ1) is 7.95. The molecule has 5 nitrogen and oxygen atoms in total. The molecule has 17 heavy (non-hydrogen) atoms. The van der Waals surface area contributed by atoms with Crippen molar-refractivity contribution in [2.45, 2.75) is 20.0 Å². The minimum absolute atomic E-state index is 0.0406. The number of Topliss-reactive ketones (excluding diaryl/α,β-unsaturated/α-hetero) is 1. The molecule has 7 heteroatoms. The predicted molar refractivity (Wildman–Crippen MR) is 54.3 cm³/mol. The van der Waals surface area contributed by atoms with E-state index in [4.69, 9.17) is 0 Å². The Labute approximate surface area is 95.2 Å². The minimum atomic E-state index is -3.04. The van der Waals surface area contributed by atoms with Gasteiger partial charge in [-0.05, 0) is 12.1 Å². The molecular formula is C10H9F2NO4. The van der Waals surface area contributed by atoms with Crippen LogP contribution in [0.5, 0.6) is 5.75 Å². The Morgan fingerprint density at radius 2 is 2.18 bits per heavy atom. The first-order valence-electron chi connectivity index (χ1n) is 4.72. The van der Waals surface area contributed by atoms with E-state index in [1.807, 2.05) is 0 Å². The Morgan fingerprint density at radius 1 is 1.53 bits per heavy atom. The van der Waals surface area contributed by atoms with Crippen molar-refractivity contribution in [2.75, 3.05) is 0 Å². The molecule has 1 rings (SSSR count). The first kappa shape index (κ1) is 13.0. The van der Waals surface area contributed by atoms with Crippen LogP contribution in [-0.4, -0.2) is 17.3 Å². The van der Waals surface area contributed by atoms with Gasteiger partial charge in [-0.1, -0.05) is 6.92 Å². The average Bonchev–Trinajstić information content (AvgIpc) is 2.26. The van der Waals surface area contributed by atoms with Crippen molar-refractivity contribution in [3.63, 3.8) is 0 Å². The van der Waals surface area contributed by atoms with Crippen LogP contribution >= 0.6 is 0 Å². The molecule has 0 spiro atoms. The monoisotopic (exact) mass is 245 g/mol. The van der Waals surface area contributed by atoms with Gasteiger partial charge in [-0.3, -0.25) is 14.9 Å². The second kappa shape index (κ2) is 5.33. The molecule has 0 amide bonds. The standard InChI is InChI=1S/C10H9F2NO4/c1-2-9(14)7-5-6(17-10(11)12)3-4-8(7)13(15)16/h3-5,10H,2H2,1H3. The molecule has 0 radical (unpaired) electrons. The summed E-state index contributed by atoms with van der Waals surface area (Å²) >= 11 is 0. The van der Waals surface area contributed by atoms with E-state index in [-0.39, 0.29) is 17.7 Å². The average molecular weight is 245 g/mol. The number of hydrogen-bond acceptors (Lipinski definition) is 4. The zero-order valence-electron chi connectivity index (χ0n) is 8.85. The smallest absolute Gasteiger partial charge is 0.387 e. The lowest BCUT2D eigenvalue weighted by Gasteiger charge is -2.06. The number of ether oxygens (including phenoxy) is 1. The Morgan fingerprint density at radius 3 is 2.65 bits per heavy atom. The number of benzene rings is 1. The highest BCUT2D eigenvalue weighted by Gasteiger charge is 2.20. The second-order valence-electron chi connectivity index (χ2n) is 3.09. The summed E-state index contributed by atoms with van der Waals surface area (Å²) in [6.45, 7) is -1.52. The van der Waals surface area contributed by atoms with Gasteiger partial charge in [-0.25, -0.2) is 0 Å². The Balaban J connectivity index is 3.19. The maximum Gasteiger partial charge on any atom is 0.387 e. The number of rotatable bonds is 5. The van der Waals surface area contributed by atoms with Gasteiger partial charge in [0.15, 0.2) is 5.78 Å². The van der Waals surface area contributed by atoms with Gasteiger partial charge in [0.25, 0.3) is 5.69 Å². The van der Waals surface area contributed by atoms with Crippen LogP contribution < -0.4 is 4.74 Å². The number of alkyl halides is 2. The summed E-state index contributed by atoms with van der Waals surface area (Å²) in [5, 5.41) is 10.6. The molecule has 0 saturated heterocycles. The van der Waals surface area contributed by atoms with Crippen molar-refractivity contribution in [3.8, 4) is 5.75 Å². The molecule has 0 N–H and O–H groups in total. The molecular weight excluding hydrogens is 236 g/mol. The van der Waals surface area contributed by atoms with Crippen LogP contribution in [0.3, 0.4) is 0 Å². The van der Waals surface area contributed by atoms with E-state index in [9.17, 15) is 23.7 Å². The summed E-state index contributed by atoms with van der Waals surface area (Å²) in [4.78, 5) is 21.3. The predicted octanol–water partition coefficient (Wildman–Crippen LogP) is 2.79. The van der Waals surface area contributed by atoms with Crippen LogP contribution in [-0.2, 0) is 0 Å². The number of carbonyl (C=O) groups excluding carboxylic acids is 1. The largest absolute Gasteiger partial charge is 0.435 e. The molecule has 0 aromatic heterocycles. The number of carbonyl (C=O) groups is 1. The molecule has 0 bridgehead atoms. The Bertz CT molecular complexity index is 448. The van der Waals surface area contributed by atoms with E-state index in [0.29, 0.717) is 0 Å². The zero-order chi connectivity index (χ0) is 13.0. The van der Waals surface area contributed by atoms with Crippen LogP contribution in [0.15, 0.2) is 18.2 Å². The molecule has 0 atom stereocenters. The van der Waals surface area contributed by atoms with Gasteiger partial charge in [0.2, 0.25) is 0 Å². The van der Waals surface area contributed by atoms with E-state index < -0.39 is 23.0 Å². The summed E-state index contributed by atoms with van der Waals surface area (Å²) in [6.07, 6.45) is 0.0406. The third kappa shape index (κ3) is 3.20. The number of nitro benzene ring substituents is 1. The summed E-state index contributed by atoms with van der Waals surface area (Å²) in [6, 6.07) is 2.95. The fourth-order valence-electron chi connectivity index (χ4n) is 1.26. The number of ketones is 1. The first-order valence-corrected chi connectivity index (χ1v) is 4.72. The maximum atomic E-state index is 12.0. The Hall–Kier alpha value is -2.05. The van der Waals surface area contributed by atoms with Gasteiger partial charge < -0.3 is 4.74 Å². The van der Waals surface area contributed by atoms with E-state index in [1.54, 1.807) is 0 Å². The lowest BCUT2D eigenvalue weighted by molar-refractivity contribution is -0.385. The molecule has 0 aliphatic carbocycles. The zero-order valence-corrected chi connectivity index (χ0v) is 8.85. The fraction of sp³-hybridized carbons (Fsp3) is 0.300. The van der Waals surface area contributed by atoms with E-state index in [2.05, 4.69) is 4.74 Å².